The molecule has 0 aromatic carbocycles. The van der Waals surface area contributed by atoms with Crippen LogP contribution >= 0.6 is 0 Å². The standard InChI is InChI=1S/C13H20N6/c1-10(2)18-4-6-19(7-5-18)13-11-12(14-8-15-13)17(3)9-16-11/h8-10H,4-7H2,1-3H3. The maximum absolute atomic E-state index is 4.43. The molecule has 2 aromatic heterocycles. The van der Waals surface area contributed by atoms with E-state index in [4.69, 9.17) is 0 Å². The fourth-order valence-electron chi connectivity index (χ4n) is 2.61. The molecule has 1 aliphatic rings. The molecule has 102 valence electrons. The first-order valence-corrected chi connectivity index (χ1v) is 6.78. The lowest BCUT2D eigenvalue weighted by atomic mass is 10.2. The van der Waals surface area contributed by atoms with Gasteiger partial charge in [-0.1, -0.05) is 0 Å². The fraction of sp³-hybridized carbons (Fsp3) is 0.615. The maximum atomic E-state index is 4.43. The van der Waals surface area contributed by atoms with Crippen LogP contribution in [0.1, 0.15) is 13.8 Å². The zero-order chi connectivity index (χ0) is 13.4. The third-order valence-corrected chi connectivity index (χ3v) is 3.82. The Bertz CT molecular complexity index is 568. The van der Waals surface area contributed by atoms with Crippen LogP contribution in [0.5, 0.6) is 0 Å². The molecule has 2 aromatic rings. The summed E-state index contributed by atoms with van der Waals surface area (Å²) in [7, 11) is 1.96. The van der Waals surface area contributed by atoms with Gasteiger partial charge in [-0.25, -0.2) is 15.0 Å². The topological polar surface area (TPSA) is 50.1 Å². The second kappa shape index (κ2) is 4.77. The minimum absolute atomic E-state index is 0.613. The monoisotopic (exact) mass is 260 g/mol. The van der Waals surface area contributed by atoms with E-state index in [1.165, 1.54) is 0 Å². The van der Waals surface area contributed by atoms with Crippen molar-refractivity contribution in [2.24, 2.45) is 7.05 Å². The molecule has 1 aliphatic heterocycles. The summed E-state index contributed by atoms with van der Waals surface area (Å²) in [6, 6.07) is 0.613. The van der Waals surface area contributed by atoms with Crippen molar-refractivity contribution in [2.75, 3.05) is 31.1 Å². The largest absolute Gasteiger partial charge is 0.352 e. The van der Waals surface area contributed by atoms with Gasteiger partial charge in [0.1, 0.15) is 6.33 Å². The number of anilines is 1. The Balaban J connectivity index is 1.86. The van der Waals surface area contributed by atoms with Gasteiger partial charge in [0.15, 0.2) is 17.0 Å². The molecule has 0 N–H and O–H groups in total. The molecule has 1 saturated heterocycles. The normalized spacial score (nSPS) is 17.6. The average Bonchev–Trinajstić information content (AvgIpc) is 2.81. The molecule has 0 amide bonds. The number of piperazine rings is 1. The Labute approximate surface area is 113 Å². The van der Waals surface area contributed by atoms with Gasteiger partial charge in [0, 0.05) is 39.3 Å². The Morgan fingerprint density at radius 3 is 2.47 bits per heavy atom. The molecule has 3 heterocycles. The summed E-state index contributed by atoms with van der Waals surface area (Å²) in [5.41, 5.74) is 1.80. The molecular formula is C13H20N6. The Kier molecular flexibility index (Phi) is 3.10. The number of aromatic nitrogens is 4. The number of nitrogens with zero attached hydrogens (tertiary/aromatic N) is 6. The second-order valence-corrected chi connectivity index (χ2v) is 5.34. The van der Waals surface area contributed by atoms with E-state index in [0.717, 1.165) is 43.2 Å². The van der Waals surface area contributed by atoms with Crippen molar-refractivity contribution >= 4 is 17.0 Å². The predicted octanol–water partition coefficient (Wildman–Crippen LogP) is 0.894. The summed E-state index contributed by atoms with van der Waals surface area (Å²) in [5, 5.41) is 0. The number of fused-ring (bicyclic) bond motifs is 1. The van der Waals surface area contributed by atoms with Crippen molar-refractivity contribution < 1.29 is 0 Å². The van der Waals surface area contributed by atoms with E-state index >= 15 is 0 Å². The van der Waals surface area contributed by atoms with Gasteiger partial charge in [-0.2, -0.15) is 0 Å². The van der Waals surface area contributed by atoms with Gasteiger partial charge in [0.05, 0.1) is 6.33 Å². The number of aryl methyl sites for hydroxylation is 1. The van der Waals surface area contributed by atoms with Crippen molar-refractivity contribution in [1.82, 2.24) is 24.4 Å². The van der Waals surface area contributed by atoms with E-state index in [1.807, 2.05) is 11.6 Å². The summed E-state index contributed by atoms with van der Waals surface area (Å²) in [4.78, 5) is 18.0. The average molecular weight is 260 g/mol. The molecule has 1 fully saturated rings. The van der Waals surface area contributed by atoms with Crippen LogP contribution in [0.3, 0.4) is 0 Å². The van der Waals surface area contributed by atoms with E-state index in [0.29, 0.717) is 6.04 Å². The number of hydrogen-bond donors (Lipinski definition) is 0. The highest BCUT2D eigenvalue weighted by molar-refractivity contribution is 5.83. The van der Waals surface area contributed by atoms with Crippen molar-refractivity contribution in [1.29, 1.82) is 0 Å². The minimum atomic E-state index is 0.613. The quantitative estimate of drug-likeness (QED) is 0.803. The number of rotatable bonds is 2. The summed E-state index contributed by atoms with van der Waals surface area (Å²) < 4.78 is 1.94. The Hall–Kier alpha value is -1.69. The van der Waals surface area contributed by atoms with Gasteiger partial charge in [0.25, 0.3) is 0 Å². The highest BCUT2D eigenvalue weighted by atomic mass is 15.3. The van der Waals surface area contributed by atoms with Crippen LogP contribution in [0.2, 0.25) is 0 Å². The van der Waals surface area contributed by atoms with Crippen LogP contribution in [0.15, 0.2) is 12.7 Å². The van der Waals surface area contributed by atoms with Crippen LogP contribution in [0, 0.1) is 0 Å². The predicted molar refractivity (Wildman–Crippen MR) is 75.2 cm³/mol. The lowest BCUT2D eigenvalue weighted by Crippen LogP contribution is -2.49. The lowest BCUT2D eigenvalue weighted by molar-refractivity contribution is 0.209. The summed E-state index contributed by atoms with van der Waals surface area (Å²) in [5.74, 6) is 0.967. The molecule has 0 unspecified atom stereocenters. The van der Waals surface area contributed by atoms with Crippen molar-refractivity contribution in [3.63, 3.8) is 0 Å². The van der Waals surface area contributed by atoms with E-state index in [2.05, 4.69) is 38.6 Å². The second-order valence-electron chi connectivity index (χ2n) is 5.34. The summed E-state index contributed by atoms with van der Waals surface area (Å²) in [6.07, 6.45) is 3.43. The van der Waals surface area contributed by atoms with Gasteiger partial charge >= 0.3 is 0 Å². The molecule has 0 bridgehead atoms. The van der Waals surface area contributed by atoms with Gasteiger partial charge in [-0.05, 0) is 13.8 Å². The Morgan fingerprint density at radius 2 is 1.79 bits per heavy atom. The first-order chi connectivity index (χ1) is 9.16. The molecule has 0 aliphatic carbocycles. The molecule has 0 radical (unpaired) electrons. The molecule has 6 heteroatoms. The van der Waals surface area contributed by atoms with Gasteiger partial charge in [0.2, 0.25) is 0 Å². The molecule has 0 saturated carbocycles. The number of imidazole rings is 1. The zero-order valence-electron chi connectivity index (χ0n) is 11.7. The highest BCUT2D eigenvalue weighted by Crippen LogP contribution is 2.22. The van der Waals surface area contributed by atoms with Crippen molar-refractivity contribution in [3.8, 4) is 0 Å². The summed E-state index contributed by atoms with van der Waals surface area (Å²) >= 11 is 0. The van der Waals surface area contributed by atoms with E-state index in [-0.39, 0.29) is 0 Å². The smallest absolute Gasteiger partial charge is 0.165 e. The van der Waals surface area contributed by atoms with Crippen molar-refractivity contribution in [3.05, 3.63) is 12.7 Å². The van der Waals surface area contributed by atoms with Crippen LogP contribution in [0.25, 0.3) is 11.2 Å². The first kappa shape index (κ1) is 12.3. The van der Waals surface area contributed by atoms with E-state index in [9.17, 15) is 0 Å². The van der Waals surface area contributed by atoms with Crippen LogP contribution in [-0.4, -0.2) is 56.6 Å². The molecular weight excluding hydrogens is 240 g/mol. The zero-order valence-corrected chi connectivity index (χ0v) is 11.7. The third kappa shape index (κ3) is 2.16. The molecule has 6 nitrogen and oxygen atoms in total. The van der Waals surface area contributed by atoms with Crippen LogP contribution in [0.4, 0.5) is 5.82 Å². The molecule has 0 spiro atoms. The van der Waals surface area contributed by atoms with Gasteiger partial charge in [-0.3, -0.25) is 4.90 Å². The van der Waals surface area contributed by atoms with Crippen LogP contribution < -0.4 is 4.90 Å². The summed E-state index contributed by atoms with van der Waals surface area (Å²) in [6.45, 7) is 8.66. The SMILES string of the molecule is CC(C)N1CCN(c2ncnc3c2ncn3C)CC1. The molecule has 19 heavy (non-hydrogen) atoms. The third-order valence-electron chi connectivity index (χ3n) is 3.82. The van der Waals surface area contributed by atoms with E-state index < -0.39 is 0 Å². The van der Waals surface area contributed by atoms with Gasteiger partial charge in [-0.15, -0.1) is 0 Å². The van der Waals surface area contributed by atoms with Crippen molar-refractivity contribution in [2.45, 2.75) is 19.9 Å². The molecule has 3 rings (SSSR count). The fourth-order valence-corrected chi connectivity index (χ4v) is 2.61. The minimum Gasteiger partial charge on any atom is -0.352 e. The van der Waals surface area contributed by atoms with E-state index in [1.54, 1.807) is 12.7 Å². The maximum Gasteiger partial charge on any atom is 0.165 e. The Morgan fingerprint density at radius 1 is 1.05 bits per heavy atom. The molecule has 0 atom stereocenters. The van der Waals surface area contributed by atoms with Gasteiger partial charge < -0.3 is 9.47 Å². The van der Waals surface area contributed by atoms with Crippen LogP contribution in [-0.2, 0) is 7.05 Å². The number of hydrogen-bond acceptors (Lipinski definition) is 5. The first-order valence-electron chi connectivity index (χ1n) is 6.78. The highest BCUT2D eigenvalue weighted by Gasteiger charge is 2.22. The lowest BCUT2D eigenvalue weighted by Gasteiger charge is -2.37.